The number of thiophene rings is 1. The SMILES string of the molecule is O=C(O)c1cn(CCNS(=O)(=O)c2sccc2Br)nn1. The number of aromatic nitrogens is 3. The lowest BCUT2D eigenvalue weighted by Gasteiger charge is -2.05. The number of carboxylic acid groups (broad SMARTS) is 1. The summed E-state index contributed by atoms with van der Waals surface area (Å²) in [6.07, 6.45) is 1.23. The van der Waals surface area contributed by atoms with Crippen LogP contribution in [0.5, 0.6) is 0 Å². The Morgan fingerprint density at radius 3 is 2.85 bits per heavy atom. The highest BCUT2D eigenvalue weighted by molar-refractivity contribution is 9.10. The van der Waals surface area contributed by atoms with Crippen molar-refractivity contribution in [3.05, 3.63) is 27.8 Å². The molecule has 0 bridgehead atoms. The Kier molecular flexibility index (Phi) is 4.52. The average molecular weight is 381 g/mol. The van der Waals surface area contributed by atoms with Crippen molar-refractivity contribution in [2.24, 2.45) is 0 Å². The first kappa shape index (κ1) is 15.1. The smallest absolute Gasteiger partial charge is 0.358 e. The van der Waals surface area contributed by atoms with Gasteiger partial charge in [-0.1, -0.05) is 5.21 Å². The molecule has 0 radical (unpaired) electrons. The molecule has 0 saturated heterocycles. The van der Waals surface area contributed by atoms with Crippen LogP contribution >= 0.6 is 27.3 Å². The second-order valence-corrected chi connectivity index (χ2v) is 7.36. The molecule has 2 rings (SSSR count). The molecule has 11 heteroatoms. The van der Waals surface area contributed by atoms with Gasteiger partial charge in [0.1, 0.15) is 4.21 Å². The van der Waals surface area contributed by atoms with Crippen LogP contribution in [0, 0.1) is 0 Å². The summed E-state index contributed by atoms with van der Waals surface area (Å²) in [6.45, 7) is 0.262. The molecular formula is C9H9BrN4O4S2. The van der Waals surface area contributed by atoms with Gasteiger partial charge in [-0.15, -0.1) is 16.4 Å². The molecule has 0 spiro atoms. The monoisotopic (exact) mass is 380 g/mol. The number of hydrogen-bond acceptors (Lipinski definition) is 6. The second kappa shape index (κ2) is 5.99. The van der Waals surface area contributed by atoms with Gasteiger partial charge in [-0.05, 0) is 27.4 Å². The van der Waals surface area contributed by atoms with Crippen molar-refractivity contribution in [1.82, 2.24) is 19.7 Å². The minimum Gasteiger partial charge on any atom is -0.476 e. The maximum absolute atomic E-state index is 11.9. The fourth-order valence-corrected chi connectivity index (χ4v) is 4.74. The van der Waals surface area contributed by atoms with E-state index < -0.39 is 16.0 Å². The molecule has 2 heterocycles. The summed E-state index contributed by atoms with van der Waals surface area (Å²) in [5.41, 5.74) is -0.186. The van der Waals surface area contributed by atoms with Gasteiger partial charge in [0.25, 0.3) is 10.0 Å². The molecule has 0 atom stereocenters. The summed E-state index contributed by atoms with van der Waals surface area (Å²) in [6, 6.07) is 1.65. The fourth-order valence-electron chi connectivity index (χ4n) is 1.34. The number of halogens is 1. The molecule has 0 aromatic carbocycles. The van der Waals surface area contributed by atoms with Crippen LogP contribution in [0.4, 0.5) is 0 Å². The van der Waals surface area contributed by atoms with E-state index in [0.717, 1.165) is 11.3 Å². The van der Waals surface area contributed by atoms with Gasteiger partial charge < -0.3 is 5.11 Å². The molecular weight excluding hydrogens is 372 g/mol. The molecule has 0 amide bonds. The molecule has 0 fully saturated rings. The van der Waals surface area contributed by atoms with Crippen LogP contribution in [0.3, 0.4) is 0 Å². The van der Waals surface area contributed by atoms with E-state index in [2.05, 4.69) is 31.0 Å². The Morgan fingerprint density at radius 1 is 1.55 bits per heavy atom. The molecule has 2 N–H and O–H groups in total. The van der Waals surface area contributed by atoms with Crippen molar-refractivity contribution in [2.45, 2.75) is 10.8 Å². The van der Waals surface area contributed by atoms with E-state index in [1.54, 1.807) is 11.4 Å². The molecule has 0 aliphatic heterocycles. The van der Waals surface area contributed by atoms with E-state index in [4.69, 9.17) is 5.11 Å². The third-order valence-electron chi connectivity index (χ3n) is 2.22. The highest BCUT2D eigenvalue weighted by Gasteiger charge is 2.18. The van der Waals surface area contributed by atoms with Gasteiger partial charge in [-0.25, -0.2) is 17.9 Å². The Bertz CT molecular complexity index is 724. The lowest BCUT2D eigenvalue weighted by molar-refractivity contribution is 0.0690. The van der Waals surface area contributed by atoms with Crippen LogP contribution in [0.2, 0.25) is 0 Å². The van der Waals surface area contributed by atoms with E-state index in [-0.39, 0.29) is 23.0 Å². The first-order valence-electron chi connectivity index (χ1n) is 5.26. The molecule has 0 saturated carbocycles. The number of aromatic carboxylic acids is 1. The maximum atomic E-state index is 11.9. The van der Waals surface area contributed by atoms with Crippen molar-refractivity contribution < 1.29 is 18.3 Å². The van der Waals surface area contributed by atoms with E-state index in [9.17, 15) is 13.2 Å². The third-order valence-corrected chi connectivity index (χ3v) is 6.35. The van der Waals surface area contributed by atoms with Crippen molar-refractivity contribution in [3.8, 4) is 0 Å². The van der Waals surface area contributed by atoms with Gasteiger partial charge in [-0.2, -0.15) is 0 Å². The highest BCUT2D eigenvalue weighted by Crippen LogP contribution is 2.27. The molecule has 108 valence electrons. The lowest BCUT2D eigenvalue weighted by Crippen LogP contribution is -2.27. The van der Waals surface area contributed by atoms with Crippen LogP contribution in [0.1, 0.15) is 10.5 Å². The zero-order chi connectivity index (χ0) is 14.8. The Balaban J connectivity index is 1.95. The largest absolute Gasteiger partial charge is 0.476 e. The quantitative estimate of drug-likeness (QED) is 0.764. The standard InChI is InChI=1S/C9H9BrN4O4S2/c10-6-1-4-19-9(6)20(17,18)11-2-3-14-5-7(8(15)16)12-13-14/h1,4-5,11H,2-3H2,(H,15,16). The average Bonchev–Trinajstić information content (AvgIpc) is 2.97. The number of hydrogen-bond donors (Lipinski definition) is 2. The van der Waals surface area contributed by atoms with Crippen LogP contribution in [-0.4, -0.2) is 41.0 Å². The van der Waals surface area contributed by atoms with Crippen LogP contribution in [0.25, 0.3) is 0 Å². The third kappa shape index (κ3) is 3.42. The Hall–Kier alpha value is -1.30. The van der Waals surface area contributed by atoms with Gasteiger partial charge in [-0.3, -0.25) is 4.68 Å². The summed E-state index contributed by atoms with van der Waals surface area (Å²) in [4.78, 5) is 10.6. The second-order valence-electron chi connectivity index (χ2n) is 3.63. The minimum absolute atomic E-state index is 0.0785. The number of nitrogens with zero attached hydrogens (tertiary/aromatic N) is 3. The van der Waals surface area contributed by atoms with Crippen LogP contribution in [-0.2, 0) is 16.6 Å². The Morgan fingerprint density at radius 2 is 2.30 bits per heavy atom. The predicted molar refractivity (Wildman–Crippen MR) is 74.2 cm³/mol. The summed E-state index contributed by atoms with van der Waals surface area (Å²) in [7, 11) is -3.58. The summed E-state index contributed by atoms with van der Waals surface area (Å²) in [5.74, 6) is -1.18. The molecule has 8 nitrogen and oxygen atoms in total. The van der Waals surface area contributed by atoms with Crippen molar-refractivity contribution in [3.63, 3.8) is 0 Å². The minimum atomic E-state index is -3.58. The lowest BCUT2D eigenvalue weighted by atomic mass is 10.5. The van der Waals surface area contributed by atoms with E-state index in [1.165, 1.54) is 10.9 Å². The zero-order valence-electron chi connectivity index (χ0n) is 9.85. The van der Waals surface area contributed by atoms with Crippen molar-refractivity contribution >= 4 is 43.3 Å². The number of nitrogens with one attached hydrogen (secondary N) is 1. The van der Waals surface area contributed by atoms with Gasteiger partial charge in [0.2, 0.25) is 0 Å². The van der Waals surface area contributed by atoms with Crippen molar-refractivity contribution in [2.75, 3.05) is 6.54 Å². The summed E-state index contributed by atoms with van der Waals surface area (Å²) in [5, 5.41) is 17.3. The van der Waals surface area contributed by atoms with E-state index in [0.29, 0.717) is 4.47 Å². The van der Waals surface area contributed by atoms with Crippen molar-refractivity contribution in [1.29, 1.82) is 0 Å². The number of carbonyl (C=O) groups is 1. The molecule has 0 aliphatic rings. The van der Waals surface area contributed by atoms with Gasteiger partial charge in [0.05, 0.1) is 12.7 Å². The van der Waals surface area contributed by atoms with E-state index >= 15 is 0 Å². The normalized spacial score (nSPS) is 11.7. The first-order valence-corrected chi connectivity index (χ1v) is 8.42. The van der Waals surface area contributed by atoms with Gasteiger partial charge >= 0.3 is 5.97 Å². The van der Waals surface area contributed by atoms with E-state index in [1.807, 2.05) is 0 Å². The number of sulfonamides is 1. The van der Waals surface area contributed by atoms with Crippen LogP contribution < -0.4 is 4.72 Å². The number of rotatable bonds is 6. The predicted octanol–water partition coefficient (Wildman–Crippen LogP) is 0.779. The first-order chi connectivity index (χ1) is 9.40. The molecule has 0 aliphatic carbocycles. The summed E-state index contributed by atoms with van der Waals surface area (Å²) < 4.78 is 28.3. The van der Waals surface area contributed by atoms with Gasteiger partial charge in [0, 0.05) is 11.0 Å². The highest BCUT2D eigenvalue weighted by atomic mass is 79.9. The zero-order valence-corrected chi connectivity index (χ0v) is 13.1. The molecule has 20 heavy (non-hydrogen) atoms. The topological polar surface area (TPSA) is 114 Å². The summed E-state index contributed by atoms with van der Waals surface area (Å²) >= 11 is 4.26. The fraction of sp³-hybridized carbons (Fsp3) is 0.222. The molecule has 0 unspecified atom stereocenters. The Labute approximate surface area is 126 Å². The van der Waals surface area contributed by atoms with Crippen LogP contribution in [0.15, 0.2) is 26.3 Å². The number of carboxylic acids is 1. The molecule has 2 aromatic heterocycles. The van der Waals surface area contributed by atoms with Gasteiger partial charge in [0.15, 0.2) is 5.69 Å². The maximum Gasteiger partial charge on any atom is 0.358 e. The molecule has 2 aromatic rings.